The molecule has 3 nitrogen and oxygen atoms in total. The molecule has 1 aromatic carbocycles. The van der Waals surface area contributed by atoms with Crippen LogP contribution in [0.4, 0.5) is 4.39 Å². The smallest absolute Gasteiger partial charge is 0.137 e. The lowest BCUT2D eigenvalue weighted by atomic mass is 9.97. The molecule has 1 aromatic heterocycles. The first kappa shape index (κ1) is 15.4. The summed E-state index contributed by atoms with van der Waals surface area (Å²) in [5, 5.41) is 3.39. The lowest BCUT2D eigenvalue weighted by molar-refractivity contribution is 0.411. The Morgan fingerprint density at radius 3 is 2.81 bits per heavy atom. The number of methoxy groups -OCH3 is 1. The van der Waals surface area contributed by atoms with Crippen LogP contribution < -0.4 is 10.1 Å². The fourth-order valence-corrected chi connectivity index (χ4v) is 2.29. The Bertz CT molecular complexity index is 601. The molecule has 0 saturated heterocycles. The van der Waals surface area contributed by atoms with Crippen molar-refractivity contribution in [2.75, 3.05) is 13.7 Å². The minimum Gasteiger partial charge on any atom is -0.495 e. The molecule has 1 N–H and O–H groups in total. The molecule has 0 aliphatic carbocycles. The fourth-order valence-electron chi connectivity index (χ4n) is 2.29. The Morgan fingerprint density at radius 1 is 1.29 bits per heavy atom. The van der Waals surface area contributed by atoms with Crippen LogP contribution in [-0.4, -0.2) is 18.6 Å². The summed E-state index contributed by atoms with van der Waals surface area (Å²) in [4.78, 5) is 4.17. The van der Waals surface area contributed by atoms with E-state index in [-0.39, 0.29) is 11.9 Å². The van der Waals surface area contributed by atoms with Crippen molar-refractivity contribution in [3.05, 3.63) is 59.2 Å². The van der Waals surface area contributed by atoms with Crippen LogP contribution in [0, 0.1) is 12.7 Å². The molecule has 2 rings (SSSR count). The van der Waals surface area contributed by atoms with Crippen molar-refractivity contribution in [1.29, 1.82) is 0 Å². The van der Waals surface area contributed by atoms with Gasteiger partial charge in [-0.25, -0.2) is 4.39 Å². The van der Waals surface area contributed by atoms with E-state index in [1.807, 2.05) is 19.1 Å². The van der Waals surface area contributed by atoms with Gasteiger partial charge in [-0.2, -0.15) is 0 Å². The van der Waals surface area contributed by atoms with Crippen molar-refractivity contribution >= 4 is 0 Å². The van der Waals surface area contributed by atoms with Gasteiger partial charge in [-0.15, -0.1) is 0 Å². The molecule has 112 valence electrons. The highest BCUT2D eigenvalue weighted by atomic mass is 19.1. The van der Waals surface area contributed by atoms with Crippen LogP contribution in [0.2, 0.25) is 0 Å². The van der Waals surface area contributed by atoms with Gasteiger partial charge >= 0.3 is 0 Å². The van der Waals surface area contributed by atoms with Crippen molar-refractivity contribution in [2.24, 2.45) is 0 Å². The molecular formula is C17H21FN2O. The second-order valence-corrected chi connectivity index (χ2v) is 5.07. The van der Waals surface area contributed by atoms with E-state index in [1.54, 1.807) is 25.6 Å². The van der Waals surface area contributed by atoms with Gasteiger partial charge in [-0.1, -0.05) is 24.6 Å². The van der Waals surface area contributed by atoms with Gasteiger partial charge in [0.05, 0.1) is 19.3 Å². The molecule has 0 amide bonds. The maximum absolute atomic E-state index is 14.2. The van der Waals surface area contributed by atoms with Crippen LogP contribution in [0.3, 0.4) is 0 Å². The predicted molar refractivity (Wildman–Crippen MR) is 82.1 cm³/mol. The minimum absolute atomic E-state index is 0.211. The third-order valence-corrected chi connectivity index (χ3v) is 3.36. The van der Waals surface area contributed by atoms with Crippen LogP contribution in [0.1, 0.15) is 36.1 Å². The zero-order valence-electron chi connectivity index (χ0n) is 12.7. The van der Waals surface area contributed by atoms with Gasteiger partial charge in [-0.3, -0.25) is 4.98 Å². The van der Waals surface area contributed by atoms with E-state index in [2.05, 4.69) is 17.2 Å². The van der Waals surface area contributed by atoms with Crippen molar-refractivity contribution in [1.82, 2.24) is 10.3 Å². The fraction of sp³-hybridized carbons (Fsp3) is 0.353. The highest BCUT2D eigenvalue weighted by molar-refractivity contribution is 5.36. The summed E-state index contributed by atoms with van der Waals surface area (Å²) < 4.78 is 19.4. The molecule has 0 radical (unpaired) electrons. The molecule has 0 aliphatic rings. The standard InChI is InChI=1S/C17H21FN2O/c1-4-7-20-17(13-9-14(21-3)11-19-10-13)15-8-12(2)5-6-16(15)18/h5-6,8-11,17,20H,4,7H2,1-3H3. The third kappa shape index (κ3) is 3.79. The van der Waals surface area contributed by atoms with E-state index in [1.165, 1.54) is 6.07 Å². The molecule has 1 atom stereocenters. The van der Waals surface area contributed by atoms with Crippen LogP contribution in [0.25, 0.3) is 0 Å². The van der Waals surface area contributed by atoms with Gasteiger partial charge in [0.1, 0.15) is 11.6 Å². The number of pyridine rings is 1. The van der Waals surface area contributed by atoms with Crippen LogP contribution in [-0.2, 0) is 0 Å². The Labute approximate surface area is 125 Å². The summed E-state index contributed by atoms with van der Waals surface area (Å²) in [5.74, 6) is 0.459. The predicted octanol–water partition coefficient (Wildman–Crippen LogP) is 3.63. The number of nitrogens with zero attached hydrogens (tertiary/aromatic N) is 1. The molecule has 0 spiro atoms. The Kier molecular flexibility index (Phi) is 5.28. The van der Waals surface area contributed by atoms with Gasteiger partial charge in [0.2, 0.25) is 0 Å². The monoisotopic (exact) mass is 288 g/mol. The van der Waals surface area contributed by atoms with Crippen molar-refractivity contribution in [2.45, 2.75) is 26.3 Å². The molecule has 0 saturated carbocycles. The lowest BCUT2D eigenvalue weighted by Crippen LogP contribution is -2.24. The topological polar surface area (TPSA) is 34.2 Å². The first-order valence-corrected chi connectivity index (χ1v) is 7.14. The van der Waals surface area contributed by atoms with Crippen LogP contribution in [0.5, 0.6) is 5.75 Å². The Morgan fingerprint density at radius 2 is 2.10 bits per heavy atom. The number of hydrogen-bond acceptors (Lipinski definition) is 3. The zero-order valence-corrected chi connectivity index (χ0v) is 12.7. The number of rotatable bonds is 6. The second kappa shape index (κ2) is 7.18. The number of aromatic nitrogens is 1. The van der Waals surface area contributed by atoms with Gasteiger partial charge < -0.3 is 10.1 Å². The van der Waals surface area contributed by atoms with Crippen molar-refractivity contribution in [3.8, 4) is 5.75 Å². The van der Waals surface area contributed by atoms with Crippen molar-refractivity contribution < 1.29 is 9.13 Å². The molecule has 4 heteroatoms. The highest BCUT2D eigenvalue weighted by Gasteiger charge is 2.18. The number of nitrogens with one attached hydrogen (secondary N) is 1. The maximum atomic E-state index is 14.2. The van der Waals surface area contributed by atoms with E-state index < -0.39 is 0 Å². The van der Waals surface area contributed by atoms with E-state index in [0.717, 1.165) is 24.1 Å². The highest BCUT2D eigenvalue weighted by Crippen LogP contribution is 2.27. The molecule has 0 fully saturated rings. The van der Waals surface area contributed by atoms with E-state index in [4.69, 9.17) is 4.74 Å². The Hall–Kier alpha value is -1.94. The minimum atomic E-state index is -0.229. The van der Waals surface area contributed by atoms with Crippen LogP contribution >= 0.6 is 0 Å². The molecule has 2 aromatic rings. The summed E-state index contributed by atoms with van der Waals surface area (Å²) in [7, 11) is 1.60. The number of hydrogen-bond donors (Lipinski definition) is 1. The van der Waals surface area contributed by atoms with E-state index in [0.29, 0.717) is 11.3 Å². The maximum Gasteiger partial charge on any atom is 0.137 e. The second-order valence-electron chi connectivity index (χ2n) is 5.07. The normalized spacial score (nSPS) is 12.2. The number of benzene rings is 1. The summed E-state index contributed by atoms with van der Waals surface area (Å²) in [5.41, 5.74) is 2.57. The first-order valence-electron chi connectivity index (χ1n) is 7.14. The summed E-state index contributed by atoms with van der Waals surface area (Å²) >= 11 is 0. The quantitative estimate of drug-likeness (QED) is 0.881. The van der Waals surface area contributed by atoms with Gasteiger partial charge in [0, 0.05) is 11.8 Å². The molecule has 0 aliphatic heterocycles. The van der Waals surface area contributed by atoms with E-state index >= 15 is 0 Å². The van der Waals surface area contributed by atoms with Gasteiger partial charge in [-0.05, 0) is 37.6 Å². The number of halogens is 1. The average molecular weight is 288 g/mol. The average Bonchev–Trinajstić information content (AvgIpc) is 2.51. The number of aryl methyl sites for hydroxylation is 1. The summed E-state index contributed by atoms with van der Waals surface area (Å²) in [6.07, 6.45) is 4.37. The lowest BCUT2D eigenvalue weighted by Gasteiger charge is -2.20. The van der Waals surface area contributed by atoms with Gasteiger partial charge in [0.15, 0.2) is 0 Å². The molecule has 0 bridgehead atoms. The zero-order chi connectivity index (χ0) is 15.2. The van der Waals surface area contributed by atoms with Crippen molar-refractivity contribution in [3.63, 3.8) is 0 Å². The molecular weight excluding hydrogens is 267 g/mol. The molecule has 1 unspecified atom stereocenters. The van der Waals surface area contributed by atoms with E-state index in [9.17, 15) is 4.39 Å². The molecule has 21 heavy (non-hydrogen) atoms. The number of ether oxygens (including phenoxy) is 1. The first-order chi connectivity index (χ1) is 10.2. The third-order valence-electron chi connectivity index (χ3n) is 3.36. The SMILES string of the molecule is CCCNC(c1cncc(OC)c1)c1cc(C)ccc1F. The molecule has 1 heterocycles. The summed E-state index contributed by atoms with van der Waals surface area (Å²) in [6.45, 7) is 4.85. The van der Waals surface area contributed by atoms with Gasteiger partial charge in [0.25, 0.3) is 0 Å². The summed E-state index contributed by atoms with van der Waals surface area (Å²) in [6, 6.07) is 6.83. The Balaban J connectivity index is 2.44. The van der Waals surface area contributed by atoms with Crippen LogP contribution in [0.15, 0.2) is 36.7 Å². The largest absolute Gasteiger partial charge is 0.495 e.